The van der Waals surface area contributed by atoms with Gasteiger partial charge >= 0.3 is 0 Å². The van der Waals surface area contributed by atoms with Gasteiger partial charge in [-0.05, 0) is 25.7 Å². The van der Waals surface area contributed by atoms with Crippen molar-refractivity contribution in [3.8, 4) is 0 Å². The van der Waals surface area contributed by atoms with Gasteiger partial charge in [-0.15, -0.1) is 0 Å². The van der Waals surface area contributed by atoms with Gasteiger partial charge in [0.05, 0.1) is 17.6 Å². The summed E-state index contributed by atoms with van der Waals surface area (Å²) in [5.41, 5.74) is 4.74. The van der Waals surface area contributed by atoms with Crippen molar-refractivity contribution in [3.63, 3.8) is 0 Å². The van der Waals surface area contributed by atoms with Gasteiger partial charge in [-0.1, -0.05) is 0 Å². The van der Waals surface area contributed by atoms with Gasteiger partial charge < -0.3 is 25.6 Å². The van der Waals surface area contributed by atoms with Gasteiger partial charge in [-0.2, -0.15) is 0 Å². The van der Waals surface area contributed by atoms with Crippen molar-refractivity contribution >= 4 is 5.91 Å². The smallest absolute Gasteiger partial charge is 0.228 e. The molecule has 4 N–H and O–H groups in total. The molecule has 110 valence electrons. The number of aliphatic hydroxyl groups excluding tert-OH is 1. The molecule has 0 saturated carbocycles. The number of nitrogens with two attached hydrogens (primary N) is 1. The Kier molecular flexibility index (Phi) is 4.78. The van der Waals surface area contributed by atoms with E-state index < -0.39 is 11.0 Å². The van der Waals surface area contributed by atoms with Crippen LogP contribution in [-0.4, -0.2) is 56.1 Å². The summed E-state index contributed by atoms with van der Waals surface area (Å²) in [7, 11) is 0. The molecule has 0 atom stereocenters. The van der Waals surface area contributed by atoms with Crippen molar-refractivity contribution in [1.29, 1.82) is 0 Å². The standard InChI is InChI=1S/C13H24N2O4/c14-9-12(1-5-18-6-2-12)11(17)15-13(10-16)3-7-19-8-4-13/h16H,1-10,14H2,(H,15,17). The Balaban J connectivity index is 2.05. The van der Waals surface area contributed by atoms with Gasteiger partial charge in [-0.3, -0.25) is 4.79 Å². The lowest BCUT2D eigenvalue weighted by Gasteiger charge is -2.41. The summed E-state index contributed by atoms with van der Waals surface area (Å²) in [4.78, 5) is 12.6. The second-order valence-electron chi connectivity index (χ2n) is 5.60. The summed E-state index contributed by atoms with van der Waals surface area (Å²) in [6, 6.07) is 0. The monoisotopic (exact) mass is 272 g/mol. The number of nitrogens with one attached hydrogen (secondary N) is 1. The highest BCUT2D eigenvalue weighted by atomic mass is 16.5. The van der Waals surface area contributed by atoms with Gasteiger partial charge in [0.25, 0.3) is 0 Å². The summed E-state index contributed by atoms with van der Waals surface area (Å²) < 4.78 is 10.6. The zero-order valence-electron chi connectivity index (χ0n) is 11.3. The van der Waals surface area contributed by atoms with Crippen LogP contribution in [0.15, 0.2) is 0 Å². The Hall–Kier alpha value is -0.690. The number of amides is 1. The van der Waals surface area contributed by atoms with Crippen molar-refractivity contribution in [2.45, 2.75) is 31.2 Å². The van der Waals surface area contributed by atoms with Gasteiger partial charge in [-0.25, -0.2) is 0 Å². The molecule has 6 heteroatoms. The Morgan fingerprint density at radius 2 is 1.63 bits per heavy atom. The molecule has 2 heterocycles. The SMILES string of the molecule is NCC1(C(=O)NC2(CO)CCOCC2)CCOCC1. The van der Waals surface area contributed by atoms with Crippen LogP contribution in [0.5, 0.6) is 0 Å². The Bertz CT molecular complexity index is 310. The molecule has 2 aliphatic rings. The minimum atomic E-state index is -0.546. The molecule has 0 spiro atoms. The molecule has 6 nitrogen and oxygen atoms in total. The lowest BCUT2D eigenvalue weighted by Crippen LogP contribution is -2.60. The molecule has 2 saturated heterocycles. The molecule has 0 aromatic heterocycles. The molecule has 2 aliphatic heterocycles. The molecule has 0 bridgehead atoms. The minimum absolute atomic E-state index is 0.0470. The van der Waals surface area contributed by atoms with Gasteiger partial charge in [0.2, 0.25) is 5.91 Å². The van der Waals surface area contributed by atoms with Crippen LogP contribution in [0.3, 0.4) is 0 Å². The summed E-state index contributed by atoms with van der Waals surface area (Å²) in [6.07, 6.45) is 2.58. The largest absolute Gasteiger partial charge is 0.394 e. The van der Waals surface area contributed by atoms with Crippen LogP contribution >= 0.6 is 0 Å². The van der Waals surface area contributed by atoms with E-state index in [4.69, 9.17) is 15.2 Å². The van der Waals surface area contributed by atoms with E-state index in [-0.39, 0.29) is 12.5 Å². The van der Waals surface area contributed by atoms with Crippen LogP contribution in [0.25, 0.3) is 0 Å². The van der Waals surface area contributed by atoms with E-state index in [2.05, 4.69) is 5.32 Å². The summed E-state index contributed by atoms with van der Waals surface area (Å²) >= 11 is 0. The van der Waals surface area contributed by atoms with E-state index in [0.717, 1.165) is 0 Å². The second-order valence-corrected chi connectivity index (χ2v) is 5.60. The van der Waals surface area contributed by atoms with Crippen LogP contribution in [0.2, 0.25) is 0 Å². The maximum Gasteiger partial charge on any atom is 0.228 e. The fraction of sp³-hybridized carbons (Fsp3) is 0.923. The summed E-state index contributed by atoms with van der Waals surface area (Å²) in [5, 5.41) is 12.7. The molecule has 0 unspecified atom stereocenters. The lowest BCUT2D eigenvalue weighted by atomic mass is 9.78. The highest BCUT2D eigenvalue weighted by molar-refractivity contribution is 5.83. The number of carbonyl (C=O) groups excluding carboxylic acids is 1. The third kappa shape index (κ3) is 3.08. The lowest BCUT2D eigenvalue weighted by molar-refractivity contribution is -0.140. The van der Waals surface area contributed by atoms with Crippen LogP contribution < -0.4 is 11.1 Å². The first-order valence-electron chi connectivity index (χ1n) is 6.95. The Morgan fingerprint density at radius 3 is 2.11 bits per heavy atom. The van der Waals surface area contributed by atoms with Crippen molar-refractivity contribution in [1.82, 2.24) is 5.32 Å². The Labute approximate surface area is 113 Å². The quantitative estimate of drug-likeness (QED) is 0.635. The molecule has 2 rings (SSSR count). The number of carbonyl (C=O) groups is 1. The van der Waals surface area contributed by atoms with E-state index in [9.17, 15) is 9.90 Å². The van der Waals surface area contributed by atoms with Crippen molar-refractivity contribution in [2.24, 2.45) is 11.1 Å². The fourth-order valence-corrected chi connectivity index (χ4v) is 2.74. The van der Waals surface area contributed by atoms with Crippen molar-refractivity contribution in [3.05, 3.63) is 0 Å². The summed E-state index contributed by atoms with van der Waals surface area (Å²) in [5.74, 6) is -0.0470. The second kappa shape index (κ2) is 6.17. The predicted molar refractivity (Wildman–Crippen MR) is 69.6 cm³/mol. The van der Waals surface area contributed by atoms with E-state index in [1.807, 2.05) is 0 Å². The fourth-order valence-electron chi connectivity index (χ4n) is 2.74. The third-order valence-corrected chi connectivity index (χ3v) is 4.45. The van der Waals surface area contributed by atoms with Crippen LogP contribution in [-0.2, 0) is 14.3 Å². The molecule has 2 fully saturated rings. The van der Waals surface area contributed by atoms with Gasteiger partial charge in [0, 0.05) is 33.0 Å². The maximum atomic E-state index is 12.6. The topological polar surface area (TPSA) is 93.8 Å². The van der Waals surface area contributed by atoms with Crippen LogP contribution in [0.4, 0.5) is 0 Å². The molecule has 1 amide bonds. The first kappa shape index (κ1) is 14.7. The molecule has 0 aromatic carbocycles. The van der Waals surface area contributed by atoms with E-state index in [1.54, 1.807) is 0 Å². The predicted octanol–water partition coefficient (Wildman–Crippen LogP) is -0.600. The zero-order chi connectivity index (χ0) is 13.8. The van der Waals surface area contributed by atoms with Gasteiger partial charge in [0.15, 0.2) is 0 Å². The normalized spacial score (nSPS) is 25.8. The average molecular weight is 272 g/mol. The molecule has 0 aliphatic carbocycles. The first-order chi connectivity index (χ1) is 9.16. The molecule has 0 radical (unpaired) electrons. The van der Waals surface area contributed by atoms with Gasteiger partial charge in [0.1, 0.15) is 0 Å². The maximum absolute atomic E-state index is 12.6. The number of ether oxygens (including phenoxy) is 2. The highest BCUT2D eigenvalue weighted by Gasteiger charge is 2.43. The third-order valence-electron chi connectivity index (χ3n) is 4.45. The number of hydrogen-bond acceptors (Lipinski definition) is 5. The van der Waals surface area contributed by atoms with E-state index in [0.29, 0.717) is 58.7 Å². The number of hydrogen-bond donors (Lipinski definition) is 3. The van der Waals surface area contributed by atoms with Crippen molar-refractivity contribution in [2.75, 3.05) is 39.6 Å². The molecular weight excluding hydrogens is 248 g/mol. The first-order valence-corrected chi connectivity index (χ1v) is 6.95. The van der Waals surface area contributed by atoms with E-state index in [1.165, 1.54) is 0 Å². The minimum Gasteiger partial charge on any atom is -0.394 e. The van der Waals surface area contributed by atoms with E-state index >= 15 is 0 Å². The Morgan fingerprint density at radius 1 is 1.11 bits per heavy atom. The number of rotatable bonds is 4. The molecular formula is C13H24N2O4. The molecule has 0 aromatic rings. The van der Waals surface area contributed by atoms with Crippen LogP contribution in [0, 0.1) is 5.41 Å². The van der Waals surface area contributed by atoms with Crippen LogP contribution in [0.1, 0.15) is 25.7 Å². The zero-order valence-corrected chi connectivity index (χ0v) is 11.3. The average Bonchev–Trinajstić information content (AvgIpc) is 2.48. The highest BCUT2D eigenvalue weighted by Crippen LogP contribution is 2.31. The van der Waals surface area contributed by atoms with Crippen molar-refractivity contribution < 1.29 is 19.4 Å². The number of aliphatic hydroxyl groups is 1. The molecule has 19 heavy (non-hydrogen) atoms. The summed E-state index contributed by atoms with van der Waals surface area (Å²) in [6.45, 7) is 2.54.